The van der Waals surface area contributed by atoms with Gasteiger partial charge in [0.15, 0.2) is 0 Å². The van der Waals surface area contributed by atoms with E-state index in [1.54, 1.807) is 0 Å². The van der Waals surface area contributed by atoms with Gasteiger partial charge >= 0.3 is 0 Å². The van der Waals surface area contributed by atoms with Gasteiger partial charge in [-0.15, -0.1) is 0 Å². The van der Waals surface area contributed by atoms with Crippen LogP contribution in [-0.4, -0.2) is 12.5 Å². The van der Waals surface area contributed by atoms with Crippen molar-refractivity contribution in [3.63, 3.8) is 0 Å². The van der Waals surface area contributed by atoms with Crippen LogP contribution in [0, 0.1) is 5.92 Å². The summed E-state index contributed by atoms with van der Waals surface area (Å²) in [6.45, 7) is 0.379. The van der Waals surface area contributed by atoms with Crippen LogP contribution >= 0.6 is 0 Å². The number of fused-ring (bicyclic) bond motifs is 2. The summed E-state index contributed by atoms with van der Waals surface area (Å²) in [6, 6.07) is 27.3. The van der Waals surface area contributed by atoms with Crippen molar-refractivity contribution in [3.8, 4) is 5.75 Å². The zero-order valence-corrected chi connectivity index (χ0v) is 15.9. The molecule has 0 saturated carbocycles. The first-order valence-electron chi connectivity index (χ1n) is 9.82. The van der Waals surface area contributed by atoms with Crippen LogP contribution in [0.15, 0.2) is 89.3 Å². The van der Waals surface area contributed by atoms with Gasteiger partial charge in [-0.25, -0.2) is 0 Å². The molecule has 144 valence electrons. The molecule has 3 aromatic carbocycles. The monoisotopic (exact) mass is 383 g/mol. The second-order valence-electron chi connectivity index (χ2n) is 7.36. The number of rotatable bonds is 4. The van der Waals surface area contributed by atoms with Gasteiger partial charge in [-0.1, -0.05) is 66.7 Å². The minimum Gasteiger partial charge on any atom is -0.492 e. The Morgan fingerprint density at radius 2 is 1.69 bits per heavy atom. The highest BCUT2D eigenvalue weighted by Gasteiger charge is 2.29. The standard InChI is InChI=1S/C25H21NO3/c27-25(20-14-18-10-4-6-12-21(18)28-16-20)26-24(17-8-2-1-3-9-17)23-15-19-11-5-7-13-22(19)29-23/h1-13,15,20,24H,14,16H2,(H,26,27). The number of furan rings is 1. The first kappa shape index (κ1) is 17.6. The van der Waals surface area contributed by atoms with Crippen molar-refractivity contribution in [1.29, 1.82) is 0 Å². The maximum atomic E-state index is 13.1. The number of nitrogens with one attached hydrogen (secondary N) is 1. The summed E-state index contributed by atoms with van der Waals surface area (Å²) in [6.07, 6.45) is 0.670. The summed E-state index contributed by atoms with van der Waals surface area (Å²) in [5.41, 5.74) is 2.86. The number of carbonyl (C=O) groups excluding carboxylic acids is 1. The van der Waals surface area contributed by atoms with E-state index in [0.29, 0.717) is 13.0 Å². The fourth-order valence-corrected chi connectivity index (χ4v) is 3.87. The molecular weight excluding hydrogens is 362 g/mol. The van der Waals surface area contributed by atoms with Gasteiger partial charge in [0.1, 0.15) is 29.7 Å². The second kappa shape index (κ2) is 7.47. The quantitative estimate of drug-likeness (QED) is 0.546. The van der Waals surface area contributed by atoms with E-state index in [9.17, 15) is 4.79 Å². The third-order valence-electron chi connectivity index (χ3n) is 5.40. The zero-order chi connectivity index (χ0) is 19.6. The van der Waals surface area contributed by atoms with E-state index in [2.05, 4.69) is 5.32 Å². The fourth-order valence-electron chi connectivity index (χ4n) is 3.87. The number of carbonyl (C=O) groups is 1. The maximum absolute atomic E-state index is 13.1. The zero-order valence-electron chi connectivity index (χ0n) is 15.9. The molecule has 0 spiro atoms. The Bertz CT molecular complexity index is 1120. The summed E-state index contributed by atoms with van der Waals surface area (Å²) in [5.74, 6) is 1.32. The van der Waals surface area contributed by atoms with E-state index < -0.39 is 0 Å². The molecule has 4 aromatic rings. The van der Waals surface area contributed by atoms with Crippen LogP contribution in [0.5, 0.6) is 5.75 Å². The highest BCUT2D eigenvalue weighted by Crippen LogP contribution is 2.30. The molecule has 2 heterocycles. The topological polar surface area (TPSA) is 51.5 Å². The molecule has 0 bridgehead atoms. The summed E-state index contributed by atoms with van der Waals surface area (Å²) in [5, 5.41) is 4.22. The van der Waals surface area contributed by atoms with E-state index in [4.69, 9.17) is 9.15 Å². The van der Waals surface area contributed by atoms with Crippen molar-refractivity contribution in [2.75, 3.05) is 6.61 Å². The minimum atomic E-state index is -0.353. The first-order chi connectivity index (χ1) is 14.3. The van der Waals surface area contributed by atoms with E-state index in [-0.39, 0.29) is 17.9 Å². The molecule has 1 aliphatic rings. The van der Waals surface area contributed by atoms with Crippen LogP contribution in [0.25, 0.3) is 11.0 Å². The molecule has 29 heavy (non-hydrogen) atoms. The third kappa shape index (κ3) is 3.49. The van der Waals surface area contributed by atoms with Gasteiger partial charge in [0.05, 0.1) is 5.92 Å². The van der Waals surface area contributed by atoms with Crippen LogP contribution in [0.1, 0.15) is 22.9 Å². The molecule has 4 heteroatoms. The van der Waals surface area contributed by atoms with Crippen molar-refractivity contribution in [2.24, 2.45) is 5.92 Å². The summed E-state index contributed by atoms with van der Waals surface area (Å²) < 4.78 is 11.9. The predicted octanol–water partition coefficient (Wildman–Crippen LogP) is 4.89. The van der Waals surface area contributed by atoms with Crippen molar-refractivity contribution >= 4 is 16.9 Å². The Hall–Kier alpha value is -3.53. The molecule has 2 atom stereocenters. The largest absolute Gasteiger partial charge is 0.492 e. The van der Waals surface area contributed by atoms with Gasteiger partial charge in [0.25, 0.3) is 0 Å². The normalized spacial score (nSPS) is 16.6. The average molecular weight is 383 g/mol. The van der Waals surface area contributed by atoms with Gasteiger partial charge in [-0.2, -0.15) is 0 Å². The molecular formula is C25H21NO3. The summed E-state index contributed by atoms with van der Waals surface area (Å²) in [7, 11) is 0. The molecule has 4 nitrogen and oxygen atoms in total. The molecule has 0 saturated heterocycles. The number of ether oxygens (including phenoxy) is 1. The molecule has 0 radical (unpaired) electrons. The lowest BCUT2D eigenvalue weighted by Gasteiger charge is -2.26. The molecule has 0 aliphatic carbocycles. The Kier molecular flexibility index (Phi) is 4.53. The van der Waals surface area contributed by atoms with Crippen LogP contribution < -0.4 is 10.1 Å². The highest BCUT2D eigenvalue weighted by molar-refractivity contribution is 5.81. The maximum Gasteiger partial charge on any atom is 0.227 e. The van der Waals surface area contributed by atoms with Crippen LogP contribution in [0.2, 0.25) is 0 Å². The number of hydrogen-bond donors (Lipinski definition) is 1. The number of amides is 1. The molecule has 1 N–H and O–H groups in total. The summed E-state index contributed by atoms with van der Waals surface area (Å²) >= 11 is 0. The van der Waals surface area contributed by atoms with Gasteiger partial charge in [-0.05, 0) is 35.7 Å². The minimum absolute atomic E-state index is 0.0335. The van der Waals surface area contributed by atoms with Crippen LogP contribution in [0.4, 0.5) is 0 Å². The molecule has 1 aliphatic heterocycles. The lowest BCUT2D eigenvalue weighted by Crippen LogP contribution is -2.39. The van der Waals surface area contributed by atoms with Crippen molar-refractivity contribution in [1.82, 2.24) is 5.32 Å². The molecule has 5 rings (SSSR count). The second-order valence-corrected chi connectivity index (χ2v) is 7.36. The number of hydrogen-bond acceptors (Lipinski definition) is 3. The summed E-state index contributed by atoms with van der Waals surface area (Å²) in [4.78, 5) is 13.1. The fraction of sp³-hybridized carbons (Fsp3) is 0.160. The molecule has 0 fully saturated rings. The molecule has 1 aromatic heterocycles. The van der Waals surface area contributed by atoms with Crippen molar-refractivity contribution in [2.45, 2.75) is 12.5 Å². The van der Waals surface area contributed by atoms with Gasteiger partial charge in [-0.3, -0.25) is 4.79 Å². The average Bonchev–Trinajstić information content (AvgIpc) is 3.21. The SMILES string of the molecule is O=C(NC(c1ccccc1)c1cc2ccccc2o1)C1COc2ccccc2C1. The smallest absolute Gasteiger partial charge is 0.227 e. The first-order valence-corrected chi connectivity index (χ1v) is 9.82. The third-order valence-corrected chi connectivity index (χ3v) is 5.40. The Labute approximate surface area is 169 Å². The molecule has 2 unspecified atom stereocenters. The lowest BCUT2D eigenvalue weighted by molar-refractivity contribution is -0.126. The van der Waals surface area contributed by atoms with E-state index in [0.717, 1.165) is 33.6 Å². The number of benzene rings is 3. The lowest BCUT2D eigenvalue weighted by atomic mass is 9.95. The van der Waals surface area contributed by atoms with E-state index in [1.807, 2.05) is 84.9 Å². The van der Waals surface area contributed by atoms with Crippen molar-refractivity contribution < 1.29 is 13.9 Å². The van der Waals surface area contributed by atoms with E-state index >= 15 is 0 Å². The molecule has 1 amide bonds. The Balaban J connectivity index is 1.44. The highest BCUT2D eigenvalue weighted by atomic mass is 16.5. The van der Waals surface area contributed by atoms with E-state index in [1.165, 1.54) is 0 Å². The van der Waals surface area contributed by atoms with Crippen molar-refractivity contribution in [3.05, 3.63) is 102 Å². The predicted molar refractivity (Wildman–Crippen MR) is 112 cm³/mol. The van der Waals surface area contributed by atoms with Crippen LogP contribution in [-0.2, 0) is 11.2 Å². The Morgan fingerprint density at radius 1 is 0.931 bits per heavy atom. The Morgan fingerprint density at radius 3 is 2.55 bits per heavy atom. The van der Waals surface area contributed by atoms with Gasteiger partial charge < -0.3 is 14.5 Å². The number of para-hydroxylation sites is 2. The van der Waals surface area contributed by atoms with Gasteiger partial charge in [0.2, 0.25) is 5.91 Å². The van der Waals surface area contributed by atoms with Crippen LogP contribution in [0.3, 0.4) is 0 Å². The van der Waals surface area contributed by atoms with Gasteiger partial charge in [0, 0.05) is 5.39 Å².